The van der Waals surface area contributed by atoms with Crippen molar-refractivity contribution in [2.75, 3.05) is 0 Å². The highest BCUT2D eigenvalue weighted by atomic mass is 15.0. The highest BCUT2D eigenvalue weighted by Gasteiger charge is 2.28. The van der Waals surface area contributed by atoms with Crippen LogP contribution in [0.25, 0.3) is 33.8 Å². The maximum Gasteiger partial charge on any atom is 0.277 e. The van der Waals surface area contributed by atoms with Crippen LogP contribution in [0.2, 0.25) is 0 Å². The van der Waals surface area contributed by atoms with E-state index in [9.17, 15) is 0 Å². The summed E-state index contributed by atoms with van der Waals surface area (Å²) >= 11 is 0. The smallest absolute Gasteiger partial charge is 0.195 e. The first-order valence-corrected chi connectivity index (χ1v) is 10.6. The third kappa shape index (κ3) is 2.87. The van der Waals surface area contributed by atoms with Crippen molar-refractivity contribution >= 4 is 0 Å². The topological polar surface area (TPSA) is 7.76 Å². The van der Waals surface area contributed by atoms with Gasteiger partial charge in [-0.25, -0.2) is 0 Å². The summed E-state index contributed by atoms with van der Waals surface area (Å²) in [5.74, 6) is 0. The Morgan fingerprint density at radius 1 is 0.667 bits per heavy atom. The molecule has 0 fully saturated rings. The van der Waals surface area contributed by atoms with Gasteiger partial charge in [-0.15, -0.1) is 0 Å². The Morgan fingerprint density at radius 3 is 2.27 bits per heavy atom. The standard InChI is InChI=1S/C28H28N2/c1-18-13-19(2)20(3)24(14-18)26-11-8-12-27(30(26)5)28-16-22-15-21-9-6-7-10-23(21)25(22)17-29(28)4/h6-14,16-17H,15H2,1-5H3/q+2. The lowest BCUT2D eigenvalue weighted by atomic mass is 9.97. The van der Waals surface area contributed by atoms with E-state index in [4.69, 9.17) is 0 Å². The van der Waals surface area contributed by atoms with E-state index in [0.29, 0.717) is 0 Å². The Hall–Kier alpha value is -3.26. The molecule has 0 atom stereocenters. The Labute approximate surface area is 179 Å². The molecule has 0 unspecified atom stereocenters. The predicted octanol–water partition coefficient (Wildman–Crippen LogP) is 5.17. The molecule has 2 aromatic carbocycles. The van der Waals surface area contributed by atoms with E-state index in [-0.39, 0.29) is 0 Å². The molecule has 0 amide bonds. The fraction of sp³-hybridized carbons (Fsp3) is 0.214. The molecule has 2 aromatic heterocycles. The van der Waals surface area contributed by atoms with Crippen LogP contribution in [0.15, 0.2) is 66.9 Å². The number of pyridine rings is 2. The summed E-state index contributed by atoms with van der Waals surface area (Å²) in [5, 5.41) is 0. The number of nitrogens with zero attached hydrogens (tertiary/aromatic N) is 2. The SMILES string of the molecule is Cc1cc(C)c(C)c(-c2cccc(-c3cc4c(c[n+]3C)-c3ccccc3C4)[n+]2C)c1. The molecule has 0 saturated carbocycles. The molecule has 2 nitrogen and oxygen atoms in total. The van der Waals surface area contributed by atoms with Gasteiger partial charge in [0.1, 0.15) is 14.1 Å². The normalized spacial score (nSPS) is 12.0. The number of hydrogen-bond donors (Lipinski definition) is 0. The summed E-state index contributed by atoms with van der Waals surface area (Å²) in [7, 11) is 4.34. The van der Waals surface area contributed by atoms with Crippen molar-refractivity contribution in [3.63, 3.8) is 0 Å². The fourth-order valence-corrected chi connectivity index (χ4v) is 4.89. The second kappa shape index (κ2) is 6.91. The molecule has 1 aliphatic rings. The van der Waals surface area contributed by atoms with Gasteiger partial charge in [0.15, 0.2) is 6.20 Å². The van der Waals surface area contributed by atoms with E-state index < -0.39 is 0 Å². The van der Waals surface area contributed by atoms with Crippen LogP contribution in [0.1, 0.15) is 27.8 Å². The summed E-state index contributed by atoms with van der Waals surface area (Å²) in [4.78, 5) is 0. The van der Waals surface area contributed by atoms with Gasteiger partial charge in [0, 0.05) is 29.3 Å². The molecule has 1 aliphatic carbocycles. The van der Waals surface area contributed by atoms with Gasteiger partial charge in [-0.05, 0) is 67.1 Å². The van der Waals surface area contributed by atoms with Crippen LogP contribution in [-0.4, -0.2) is 0 Å². The van der Waals surface area contributed by atoms with E-state index in [1.54, 1.807) is 0 Å². The molecule has 2 heteroatoms. The second-order valence-electron chi connectivity index (χ2n) is 8.65. The molecule has 148 valence electrons. The summed E-state index contributed by atoms with van der Waals surface area (Å²) in [6, 6.07) is 22.4. The molecule has 5 rings (SSSR count). The van der Waals surface area contributed by atoms with E-state index in [0.717, 1.165) is 6.42 Å². The monoisotopic (exact) mass is 392 g/mol. The van der Waals surface area contributed by atoms with Gasteiger partial charge >= 0.3 is 0 Å². The van der Waals surface area contributed by atoms with E-state index >= 15 is 0 Å². The summed E-state index contributed by atoms with van der Waals surface area (Å²) < 4.78 is 4.61. The van der Waals surface area contributed by atoms with Gasteiger partial charge in [0.2, 0.25) is 5.69 Å². The van der Waals surface area contributed by atoms with E-state index in [1.807, 2.05) is 0 Å². The van der Waals surface area contributed by atoms with Gasteiger partial charge in [-0.3, -0.25) is 0 Å². The third-order valence-electron chi connectivity index (χ3n) is 6.63. The predicted molar refractivity (Wildman–Crippen MR) is 122 cm³/mol. The van der Waals surface area contributed by atoms with Crippen molar-refractivity contribution < 1.29 is 9.13 Å². The van der Waals surface area contributed by atoms with Gasteiger partial charge < -0.3 is 0 Å². The Morgan fingerprint density at radius 2 is 1.43 bits per heavy atom. The molecule has 0 radical (unpaired) electrons. The number of hydrogen-bond acceptors (Lipinski definition) is 0. The van der Waals surface area contributed by atoms with Crippen LogP contribution in [0, 0.1) is 20.8 Å². The summed E-state index contributed by atoms with van der Waals surface area (Å²) in [6.45, 7) is 6.61. The molecular weight excluding hydrogens is 364 g/mol. The molecule has 0 bridgehead atoms. The first kappa shape index (κ1) is 18.7. The van der Waals surface area contributed by atoms with E-state index in [1.165, 1.54) is 61.6 Å². The maximum absolute atomic E-state index is 2.38. The lowest BCUT2D eigenvalue weighted by Gasteiger charge is -2.11. The first-order valence-electron chi connectivity index (χ1n) is 10.6. The van der Waals surface area contributed by atoms with Gasteiger partial charge in [-0.2, -0.15) is 9.13 Å². The average molecular weight is 393 g/mol. The minimum absolute atomic E-state index is 1.01. The lowest BCUT2D eigenvalue weighted by molar-refractivity contribution is -0.685. The number of aryl methyl sites for hydroxylation is 3. The van der Waals surface area contributed by atoms with Crippen molar-refractivity contribution in [1.82, 2.24) is 0 Å². The quantitative estimate of drug-likeness (QED) is 0.366. The first-order chi connectivity index (χ1) is 14.4. The Kier molecular flexibility index (Phi) is 4.32. The largest absolute Gasteiger partial charge is 0.277 e. The minimum Gasteiger partial charge on any atom is -0.195 e. The van der Waals surface area contributed by atoms with Crippen molar-refractivity contribution in [3.05, 3.63) is 94.7 Å². The highest BCUT2D eigenvalue weighted by molar-refractivity contribution is 5.76. The van der Waals surface area contributed by atoms with Crippen LogP contribution in [-0.2, 0) is 20.5 Å². The minimum atomic E-state index is 1.01. The lowest BCUT2D eigenvalue weighted by Crippen LogP contribution is -2.40. The zero-order valence-electron chi connectivity index (χ0n) is 18.5. The molecule has 4 aromatic rings. The second-order valence-corrected chi connectivity index (χ2v) is 8.65. The molecule has 30 heavy (non-hydrogen) atoms. The van der Waals surface area contributed by atoms with Gasteiger partial charge in [-0.1, -0.05) is 35.9 Å². The molecular formula is C28H28N2+2. The maximum atomic E-state index is 2.38. The van der Waals surface area contributed by atoms with Gasteiger partial charge in [0.25, 0.3) is 11.4 Å². The molecule has 0 saturated heterocycles. The van der Waals surface area contributed by atoms with Crippen LogP contribution < -0.4 is 9.13 Å². The Bertz CT molecular complexity index is 1310. The van der Waals surface area contributed by atoms with E-state index in [2.05, 4.69) is 111 Å². The number of benzene rings is 2. The molecule has 2 heterocycles. The average Bonchev–Trinajstić information content (AvgIpc) is 3.08. The van der Waals surface area contributed by atoms with Crippen LogP contribution in [0.3, 0.4) is 0 Å². The molecule has 0 spiro atoms. The van der Waals surface area contributed by atoms with Crippen LogP contribution in [0.5, 0.6) is 0 Å². The zero-order chi connectivity index (χ0) is 21.0. The summed E-state index contributed by atoms with van der Waals surface area (Å²) in [5.41, 5.74) is 14.6. The fourth-order valence-electron chi connectivity index (χ4n) is 4.89. The highest BCUT2D eigenvalue weighted by Crippen LogP contribution is 2.36. The van der Waals surface area contributed by atoms with Crippen molar-refractivity contribution in [3.8, 4) is 33.8 Å². The summed E-state index contributed by atoms with van der Waals surface area (Å²) in [6.07, 6.45) is 3.31. The van der Waals surface area contributed by atoms with Crippen molar-refractivity contribution in [2.24, 2.45) is 14.1 Å². The number of fused-ring (bicyclic) bond motifs is 3. The zero-order valence-corrected chi connectivity index (χ0v) is 18.5. The van der Waals surface area contributed by atoms with Gasteiger partial charge in [0.05, 0.1) is 0 Å². The molecule has 0 aliphatic heterocycles. The van der Waals surface area contributed by atoms with Crippen LogP contribution in [0.4, 0.5) is 0 Å². The van der Waals surface area contributed by atoms with Crippen molar-refractivity contribution in [1.29, 1.82) is 0 Å². The number of aromatic nitrogens is 2. The van der Waals surface area contributed by atoms with Crippen LogP contribution >= 0.6 is 0 Å². The Balaban J connectivity index is 1.67. The third-order valence-corrected chi connectivity index (χ3v) is 6.63. The van der Waals surface area contributed by atoms with Crippen molar-refractivity contribution in [2.45, 2.75) is 27.2 Å². The number of rotatable bonds is 2. The molecule has 0 N–H and O–H groups in total.